The second-order valence-corrected chi connectivity index (χ2v) is 8.65. The molecule has 0 bridgehead atoms. The Bertz CT molecular complexity index is 1140. The van der Waals surface area contributed by atoms with E-state index in [2.05, 4.69) is 4.98 Å². The quantitative estimate of drug-likeness (QED) is 0.582. The number of carbonyl (C=O) groups excluding carboxylic acids is 1. The summed E-state index contributed by atoms with van der Waals surface area (Å²) in [6, 6.07) is 15.6. The van der Waals surface area contributed by atoms with Crippen LogP contribution in [0.1, 0.15) is 11.4 Å². The topological polar surface area (TPSA) is 90.7 Å². The highest BCUT2D eigenvalue weighted by Gasteiger charge is 2.39. The van der Waals surface area contributed by atoms with Crippen LogP contribution in [0.15, 0.2) is 67.0 Å². The van der Waals surface area contributed by atoms with Crippen molar-refractivity contribution >= 4 is 21.0 Å². The van der Waals surface area contributed by atoms with E-state index in [0.29, 0.717) is 23.4 Å². The van der Waals surface area contributed by atoms with Crippen molar-refractivity contribution in [3.8, 4) is 5.75 Å². The first-order valence-corrected chi connectivity index (χ1v) is 10.8. The van der Waals surface area contributed by atoms with Crippen LogP contribution in [0.3, 0.4) is 0 Å². The van der Waals surface area contributed by atoms with Gasteiger partial charge in [0.2, 0.25) is 0 Å². The lowest BCUT2D eigenvalue weighted by molar-refractivity contribution is 0.165. The minimum absolute atomic E-state index is 0.0212. The fourth-order valence-corrected chi connectivity index (χ4v) is 4.43. The fraction of sp³-hybridized carbons (Fsp3) is 0.238. The Kier molecular flexibility index (Phi) is 5.45. The lowest BCUT2D eigenvalue weighted by Gasteiger charge is -2.34. The molecule has 0 N–H and O–H groups in total. The van der Waals surface area contributed by atoms with Crippen LogP contribution in [0.4, 0.5) is 10.5 Å². The molecule has 9 heteroatoms. The van der Waals surface area contributed by atoms with Crippen LogP contribution in [0.5, 0.6) is 5.75 Å². The third kappa shape index (κ3) is 4.02. The maximum absolute atomic E-state index is 13.1. The zero-order valence-corrected chi connectivity index (χ0v) is 17.2. The molecule has 2 aromatic carbocycles. The molecule has 1 aliphatic rings. The highest BCUT2D eigenvalue weighted by atomic mass is 32.2. The van der Waals surface area contributed by atoms with E-state index in [9.17, 15) is 13.2 Å². The number of ether oxygens (including phenoxy) is 2. The van der Waals surface area contributed by atoms with Gasteiger partial charge in [0.05, 0.1) is 12.2 Å². The number of carbonyl (C=O) groups is 1. The summed E-state index contributed by atoms with van der Waals surface area (Å²) < 4.78 is 40.1. The predicted molar refractivity (Wildman–Crippen MR) is 111 cm³/mol. The number of imidazole rings is 1. The smallest absolute Gasteiger partial charge is 0.445 e. The lowest BCUT2D eigenvalue weighted by Crippen LogP contribution is -2.47. The normalized spacial score (nSPS) is 15.9. The van der Waals surface area contributed by atoms with Gasteiger partial charge in [-0.3, -0.25) is 4.31 Å². The van der Waals surface area contributed by atoms with Gasteiger partial charge in [-0.2, -0.15) is 8.42 Å². The number of aryl methyl sites for hydroxylation is 1. The van der Waals surface area contributed by atoms with Gasteiger partial charge in [0.1, 0.15) is 24.3 Å². The highest BCUT2D eigenvalue weighted by Crippen LogP contribution is 2.36. The molecule has 4 rings (SSSR count). The number of para-hydroxylation sites is 2. The van der Waals surface area contributed by atoms with E-state index in [1.807, 2.05) is 23.9 Å². The molecule has 1 aliphatic heterocycles. The van der Waals surface area contributed by atoms with Gasteiger partial charge in [-0.05, 0) is 17.7 Å². The second kappa shape index (κ2) is 8.19. The summed E-state index contributed by atoms with van der Waals surface area (Å²) in [7, 11) is -2.55. The SMILES string of the molecule is Cn1ccnc1C[C@H]1CN(S(=O)(=O)C(=O)OCc2ccccc2)c2ccccc2O1. The molecule has 30 heavy (non-hydrogen) atoms. The van der Waals surface area contributed by atoms with Crippen molar-refractivity contribution in [3.05, 3.63) is 78.4 Å². The van der Waals surface area contributed by atoms with E-state index in [1.165, 1.54) is 0 Å². The Morgan fingerprint density at radius 2 is 1.90 bits per heavy atom. The van der Waals surface area contributed by atoms with Gasteiger partial charge in [-0.15, -0.1) is 0 Å². The molecule has 0 saturated heterocycles. The van der Waals surface area contributed by atoms with Crippen molar-refractivity contribution in [1.82, 2.24) is 9.55 Å². The van der Waals surface area contributed by atoms with E-state index in [-0.39, 0.29) is 13.2 Å². The van der Waals surface area contributed by atoms with Gasteiger partial charge in [0.25, 0.3) is 0 Å². The van der Waals surface area contributed by atoms with Crippen LogP contribution >= 0.6 is 0 Å². The van der Waals surface area contributed by atoms with Gasteiger partial charge >= 0.3 is 15.3 Å². The van der Waals surface area contributed by atoms with Crippen LogP contribution in [-0.4, -0.2) is 35.9 Å². The van der Waals surface area contributed by atoms with Gasteiger partial charge in [-0.1, -0.05) is 42.5 Å². The van der Waals surface area contributed by atoms with Crippen LogP contribution in [0, 0.1) is 0 Å². The summed E-state index contributed by atoms with van der Waals surface area (Å²) in [5, 5.41) is -1.29. The largest absolute Gasteiger partial charge is 0.486 e. The molecule has 2 heterocycles. The first kappa shape index (κ1) is 20.0. The Labute approximate surface area is 174 Å². The lowest BCUT2D eigenvalue weighted by atomic mass is 10.2. The maximum atomic E-state index is 13.1. The van der Waals surface area contributed by atoms with E-state index in [1.54, 1.807) is 54.7 Å². The van der Waals surface area contributed by atoms with E-state index in [0.717, 1.165) is 10.1 Å². The molecule has 8 nitrogen and oxygen atoms in total. The third-order valence-electron chi connectivity index (χ3n) is 4.83. The zero-order valence-electron chi connectivity index (χ0n) is 16.3. The standard InChI is InChI=1S/C21H21N3O5S/c1-23-12-11-22-20(23)13-17-14-24(18-9-5-6-10-19(18)29-17)30(26,27)21(25)28-15-16-7-3-2-4-8-16/h2-12,17H,13-15H2,1H3/t17-/m0/s1. The van der Waals surface area contributed by atoms with Crippen LogP contribution in [-0.2, 0) is 34.8 Å². The first-order valence-electron chi connectivity index (χ1n) is 9.40. The third-order valence-corrected chi connectivity index (χ3v) is 6.29. The molecule has 0 amide bonds. The summed E-state index contributed by atoms with van der Waals surface area (Å²) in [5.41, 5.74) is 1.02. The van der Waals surface area contributed by atoms with Gasteiger partial charge in [-0.25, -0.2) is 9.78 Å². The fourth-order valence-electron chi connectivity index (χ4n) is 3.27. The molecule has 0 radical (unpaired) electrons. The van der Waals surface area contributed by atoms with Gasteiger partial charge < -0.3 is 14.0 Å². The number of nitrogens with zero attached hydrogens (tertiary/aromatic N) is 3. The molecular weight excluding hydrogens is 406 g/mol. The number of anilines is 1. The molecule has 0 unspecified atom stereocenters. The molecule has 156 valence electrons. The van der Waals surface area contributed by atoms with E-state index >= 15 is 0 Å². The molecule has 0 spiro atoms. The van der Waals surface area contributed by atoms with Crippen molar-refractivity contribution in [1.29, 1.82) is 0 Å². The second-order valence-electron chi connectivity index (χ2n) is 6.93. The molecule has 0 aliphatic carbocycles. The Morgan fingerprint density at radius 1 is 1.17 bits per heavy atom. The molecule has 1 atom stereocenters. The van der Waals surface area contributed by atoms with Gasteiger partial charge in [0.15, 0.2) is 0 Å². The number of sulfonamides is 1. The molecule has 0 fully saturated rings. The Morgan fingerprint density at radius 3 is 2.63 bits per heavy atom. The van der Waals surface area contributed by atoms with Crippen molar-refractivity contribution in [3.63, 3.8) is 0 Å². The monoisotopic (exact) mass is 427 g/mol. The Balaban J connectivity index is 1.57. The summed E-state index contributed by atoms with van der Waals surface area (Å²) in [6.07, 6.45) is 3.36. The number of aromatic nitrogens is 2. The van der Waals surface area contributed by atoms with Crippen molar-refractivity contribution in [2.24, 2.45) is 7.05 Å². The number of fused-ring (bicyclic) bond motifs is 1. The molecule has 0 saturated carbocycles. The van der Waals surface area contributed by atoms with Crippen LogP contribution in [0.2, 0.25) is 0 Å². The molecular formula is C21H21N3O5S. The summed E-state index contributed by atoms with van der Waals surface area (Å²) >= 11 is 0. The predicted octanol–water partition coefficient (Wildman–Crippen LogP) is 2.90. The van der Waals surface area contributed by atoms with Crippen LogP contribution < -0.4 is 9.04 Å². The van der Waals surface area contributed by atoms with Crippen molar-refractivity contribution in [2.45, 2.75) is 19.1 Å². The summed E-state index contributed by atoms with van der Waals surface area (Å²) in [5.74, 6) is 1.14. The molecule has 3 aromatic rings. The van der Waals surface area contributed by atoms with Crippen LogP contribution in [0.25, 0.3) is 0 Å². The number of rotatable bonds is 5. The minimum Gasteiger partial charge on any atom is -0.486 e. The summed E-state index contributed by atoms with van der Waals surface area (Å²) in [4.78, 5) is 16.8. The van der Waals surface area contributed by atoms with E-state index < -0.39 is 21.4 Å². The minimum atomic E-state index is -4.40. The highest BCUT2D eigenvalue weighted by molar-refractivity contribution is 8.06. The number of hydrogen-bond donors (Lipinski definition) is 0. The summed E-state index contributed by atoms with van der Waals surface area (Å²) in [6.45, 7) is -0.145. The maximum Gasteiger partial charge on any atom is 0.445 e. The van der Waals surface area contributed by atoms with Gasteiger partial charge in [0, 0.05) is 25.9 Å². The number of hydrogen-bond acceptors (Lipinski definition) is 6. The number of benzene rings is 2. The zero-order chi connectivity index (χ0) is 21.1. The average Bonchev–Trinajstić information content (AvgIpc) is 3.16. The average molecular weight is 427 g/mol. The Hall–Kier alpha value is -3.33. The van der Waals surface area contributed by atoms with E-state index in [4.69, 9.17) is 9.47 Å². The first-order chi connectivity index (χ1) is 14.4. The van der Waals surface area contributed by atoms with Crippen molar-refractivity contribution < 1.29 is 22.7 Å². The molecule has 1 aromatic heterocycles. The van der Waals surface area contributed by atoms with Crippen molar-refractivity contribution in [2.75, 3.05) is 10.8 Å².